The van der Waals surface area contributed by atoms with E-state index in [1.807, 2.05) is 12.1 Å². The first-order valence-electron chi connectivity index (χ1n) is 11.3. The van der Waals surface area contributed by atoms with Crippen LogP contribution in [0.1, 0.15) is 5.56 Å². The third-order valence-electron chi connectivity index (χ3n) is 6.05. The molecule has 2 aromatic rings. The van der Waals surface area contributed by atoms with Gasteiger partial charge in [0.15, 0.2) is 28.9 Å². The van der Waals surface area contributed by atoms with Crippen molar-refractivity contribution in [2.24, 2.45) is 0 Å². The van der Waals surface area contributed by atoms with Crippen LogP contribution in [0.25, 0.3) is 0 Å². The fourth-order valence-electron chi connectivity index (χ4n) is 3.97. The van der Waals surface area contributed by atoms with Crippen molar-refractivity contribution in [3.63, 3.8) is 0 Å². The van der Waals surface area contributed by atoms with Crippen molar-refractivity contribution < 1.29 is 23.0 Å². The lowest BCUT2D eigenvalue weighted by molar-refractivity contribution is 0.140. The Morgan fingerprint density at radius 1 is 1.03 bits per heavy atom. The Morgan fingerprint density at radius 3 is 2.26 bits per heavy atom. The Morgan fingerprint density at radius 2 is 1.66 bits per heavy atom. The molecule has 0 bridgehead atoms. The highest BCUT2D eigenvalue weighted by Gasteiger charge is 2.24. The fraction of sp³-hybridized carbons (Fsp3) is 0.478. The van der Waals surface area contributed by atoms with E-state index >= 15 is 0 Å². The summed E-state index contributed by atoms with van der Waals surface area (Å²) < 4.78 is 44.4. The molecular weight excluding hydrogens is 460 g/mol. The second kappa shape index (κ2) is 11.0. The van der Waals surface area contributed by atoms with Gasteiger partial charge in [-0.25, -0.2) is 24.2 Å². The van der Waals surface area contributed by atoms with Crippen molar-refractivity contribution in [2.45, 2.75) is 12.6 Å². The van der Waals surface area contributed by atoms with Crippen LogP contribution < -0.4 is 25.0 Å². The molecule has 2 aliphatic heterocycles. The van der Waals surface area contributed by atoms with Gasteiger partial charge in [0.25, 0.3) is 0 Å². The van der Waals surface area contributed by atoms with Gasteiger partial charge in [0.2, 0.25) is 5.95 Å². The van der Waals surface area contributed by atoms with Crippen LogP contribution in [0.2, 0.25) is 0 Å². The zero-order chi connectivity index (χ0) is 24.9. The number of anilines is 1. The highest BCUT2D eigenvalue weighted by Crippen LogP contribution is 2.32. The Hall–Kier alpha value is -3.22. The third kappa shape index (κ3) is 5.89. The van der Waals surface area contributed by atoms with Crippen molar-refractivity contribution in [1.82, 2.24) is 30.2 Å². The van der Waals surface area contributed by atoms with Gasteiger partial charge in [-0.1, -0.05) is 0 Å². The summed E-state index contributed by atoms with van der Waals surface area (Å²) in [6.07, 6.45) is 4.98. The van der Waals surface area contributed by atoms with Gasteiger partial charge in [0.05, 0.1) is 38.2 Å². The largest absolute Gasteiger partial charge is 0.494 e. The Bertz CT molecular complexity index is 1020. The molecule has 0 amide bonds. The number of hydrogen-bond donors (Lipinski definition) is 2. The van der Waals surface area contributed by atoms with Crippen molar-refractivity contribution in [3.05, 3.63) is 47.6 Å². The minimum absolute atomic E-state index is 0.133. The lowest BCUT2D eigenvalue weighted by atomic mass is 10.1. The van der Waals surface area contributed by atoms with Crippen molar-refractivity contribution >= 4 is 5.95 Å². The van der Waals surface area contributed by atoms with E-state index in [-0.39, 0.29) is 35.5 Å². The summed E-state index contributed by atoms with van der Waals surface area (Å²) in [5.74, 6) is -0.490. The first-order chi connectivity index (χ1) is 16.9. The van der Waals surface area contributed by atoms with Gasteiger partial charge in [-0.15, -0.1) is 0 Å². The van der Waals surface area contributed by atoms with Crippen molar-refractivity contribution in [2.75, 3.05) is 66.4 Å². The van der Waals surface area contributed by atoms with Gasteiger partial charge in [0.1, 0.15) is 12.4 Å². The molecule has 1 aromatic carbocycles. The van der Waals surface area contributed by atoms with Crippen LogP contribution in [-0.2, 0) is 6.61 Å². The van der Waals surface area contributed by atoms with Gasteiger partial charge >= 0.3 is 0 Å². The van der Waals surface area contributed by atoms with Crippen molar-refractivity contribution in [3.8, 4) is 17.2 Å². The van der Waals surface area contributed by atoms with Gasteiger partial charge in [-0.3, -0.25) is 9.91 Å². The summed E-state index contributed by atoms with van der Waals surface area (Å²) in [5.41, 5.74) is 3.11. The van der Waals surface area contributed by atoms with E-state index in [1.165, 1.54) is 26.6 Å². The number of hydrogen-bond acceptors (Lipinski definition) is 10. The summed E-state index contributed by atoms with van der Waals surface area (Å²) in [6.45, 7) is 4.78. The average Bonchev–Trinajstić information content (AvgIpc) is 3.20. The minimum Gasteiger partial charge on any atom is -0.494 e. The summed E-state index contributed by atoms with van der Waals surface area (Å²) in [6, 6.07) is 1.33. The van der Waals surface area contributed by atoms with Gasteiger partial charge in [0, 0.05) is 45.8 Å². The quantitative estimate of drug-likeness (QED) is 0.540. The van der Waals surface area contributed by atoms with Gasteiger partial charge in [-0.05, 0) is 13.1 Å². The number of hydrazine groups is 1. The van der Waals surface area contributed by atoms with Crippen LogP contribution in [0.15, 0.2) is 30.4 Å². The van der Waals surface area contributed by atoms with Crippen LogP contribution in [0.3, 0.4) is 0 Å². The second-order valence-electron chi connectivity index (χ2n) is 8.49. The molecule has 10 nitrogen and oxygen atoms in total. The number of nitrogens with zero attached hydrogens (tertiary/aromatic N) is 5. The number of methoxy groups -OCH3 is 2. The first kappa shape index (κ1) is 24.9. The SMILES string of the molecule is COc1cc(OC)c(F)c(COc2cnc(NC3=CC(CN4CCN(C)CC4)NN3C)nc2)c1F. The highest BCUT2D eigenvalue weighted by atomic mass is 19.1. The Labute approximate surface area is 203 Å². The van der Waals surface area contributed by atoms with Gasteiger partial charge < -0.3 is 24.4 Å². The van der Waals surface area contributed by atoms with Crippen LogP contribution in [0.4, 0.5) is 14.7 Å². The van der Waals surface area contributed by atoms with Crippen LogP contribution >= 0.6 is 0 Å². The molecule has 3 heterocycles. The molecule has 12 heteroatoms. The molecule has 0 radical (unpaired) electrons. The molecule has 0 spiro atoms. The molecule has 0 aliphatic carbocycles. The standard InChI is InChI=1S/C23H31F2N7O3/c1-30-5-7-32(8-6-30)13-15-9-20(31(2)29-15)28-23-26-11-16(12-27-23)35-14-17-21(24)18(33-3)10-19(34-4)22(17)25/h9-12,15,29H,5-8,13-14H2,1-4H3,(H,26,27,28). The number of likely N-dealkylation sites (N-methyl/N-ethyl adjacent to an activating group) is 1. The smallest absolute Gasteiger partial charge is 0.228 e. The van der Waals surface area contributed by atoms with Crippen LogP contribution in [0.5, 0.6) is 17.2 Å². The molecule has 1 unspecified atom stereocenters. The predicted octanol–water partition coefficient (Wildman–Crippen LogP) is 1.67. The van der Waals surface area contributed by atoms with E-state index in [9.17, 15) is 8.78 Å². The first-order valence-corrected chi connectivity index (χ1v) is 11.3. The number of piperazine rings is 1. The van der Waals surface area contributed by atoms with Crippen LogP contribution in [-0.4, -0.2) is 91.9 Å². The van der Waals surface area contributed by atoms with E-state index in [0.29, 0.717) is 5.95 Å². The number of halogens is 2. The normalized spacial score (nSPS) is 19.0. The molecule has 2 N–H and O–H groups in total. The molecule has 1 fully saturated rings. The Kier molecular flexibility index (Phi) is 7.83. The van der Waals surface area contributed by atoms with E-state index in [4.69, 9.17) is 14.2 Å². The third-order valence-corrected chi connectivity index (χ3v) is 6.05. The fourth-order valence-corrected chi connectivity index (χ4v) is 3.97. The average molecular weight is 492 g/mol. The number of nitrogens with one attached hydrogen (secondary N) is 2. The zero-order valence-corrected chi connectivity index (χ0v) is 20.3. The lowest BCUT2D eigenvalue weighted by Crippen LogP contribution is -2.49. The molecule has 1 aromatic heterocycles. The zero-order valence-electron chi connectivity index (χ0n) is 20.3. The van der Waals surface area contributed by atoms with E-state index in [2.05, 4.69) is 43.6 Å². The number of rotatable bonds is 9. The molecule has 35 heavy (non-hydrogen) atoms. The topological polar surface area (TPSA) is 87.2 Å². The number of benzene rings is 1. The second-order valence-corrected chi connectivity index (χ2v) is 8.49. The number of ether oxygens (including phenoxy) is 3. The maximum Gasteiger partial charge on any atom is 0.228 e. The predicted molar refractivity (Wildman–Crippen MR) is 126 cm³/mol. The maximum absolute atomic E-state index is 14.5. The summed E-state index contributed by atoms with van der Waals surface area (Å²) in [4.78, 5) is 13.3. The van der Waals surface area contributed by atoms with E-state index < -0.39 is 11.6 Å². The van der Waals surface area contributed by atoms with E-state index in [0.717, 1.165) is 44.6 Å². The van der Waals surface area contributed by atoms with Gasteiger partial charge in [-0.2, -0.15) is 0 Å². The maximum atomic E-state index is 14.5. The molecule has 2 aliphatic rings. The lowest BCUT2D eigenvalue weighted by Gasteiger charge is -2.33. The molecule has 190 valence electrons. The molecule has 1 saturated heterocycles. The highest BCUT2D eigenvalue weighted by molar-refractivity contribution is 5.42. The molecule has 1 atom stereocenters. The Balaban J connectivity index is 1.35. The van der Waals surface area contributed by atoms with E-state index in [1.54, 1.807) is 0 Å². The molecule has 0 saturated carbocycles. The van der Waals surface area contributed by atoms with Crippen LogP contribution in [0, 0.1) is 11.6 Å². The summed E-state index contributed by atoms with van der Waals surface area (Å²) in [7, 11) is 6.65. The van der Waals surface area contributed by atoms with Crippen molar-refractivity contribution in [1.29, 1.82) is 0 Å². The molecular formula is C23H31F2N7O3. The molecule has 4 rings (SSSR count). The summed E-state index contributed by atoms with van der Waals surface area (Å²) in [5, 5.41) is 5.08. The number of aromatic nitrogens is 2. The monoisotopic (exact) mass is 491 g/mol. The summed E-state index contributed by atoms with van der Waals surface area (Å²) >= 11 is 0. The minimum atomic E-state index is -0.847.